The molecule has 3 rings (SSSR count). The Morgan fingerprint density at radius 1 is 1.05 bits per heavy atom. The van der Waals surface area contributed by atoms with Crippen molar-refractivity contribution in [1.29, 1.82) is 0 Å². The smallest absolute Gasteiger partial charge is 0.287 e. The normalized spacial score (nSPS) is 18.3. The van der Waals surface area contributed by atoms with Crippen LogP contribution >= 0.6 is 0 Å². The number of furan rings is 1. The highest BCUT2D eigenvalue weighted by atomic mass is 16.4. The fourth-order valence-corrected chi connectivity index (χ4v) is 2.88. The van der Waals surface area contributed by atoms with Crippen LogP contribution in [0.15, 0.2) is 16.5 Å². The molecule has 0 spiro atoms. The molecule has 114 valence electrons. The van der Waals surface area contributed by atoms with E-state index in [0.29, 0.717) is 0 Å². The maximum absolute atomic E-state index is 12.0. The molecule has 2 saturated heterocycles. The van der Waals surface area contributed by atoms with Crippen LogP contribution in [0.5, 0.6) is 0 Å². The molecule has 21 heavy (non-hydrogen) atoms. The number of likely N-dealkylation sites (tertiary alicyclic amines) is 1. The van der Waals surface area contributed by atoms with Crippen LogP contribution in [-0.2, 0) is 4.79 Å². The highest BCUT2D eigenvalue weighted by Gasteiger charge is 2.21. The zero-order valence-corrected chi connectivity index (χ0v) is 12.1. The van der Waals surface area contributed by atoms with Gasteiger partial charge in [-0.1, -0.05) is 0 Å². The summed E-state index contributed by atoms with van der Waals surface area (Å²) in [6.07, 6.45) is 4.42. The molecule has 6 heteroatoms. The van der Waals surface area contributed by atoms with Crippen molar-refractivity contribution in [3.05, 3.63) is 17.9 Å². The number of hydrogen-bond donors (Lipinski definition) is 1. The van der Waals surface area contributed by atoms with Crippen LogP contribution in [0.4, 0.5) is 5.88 Å². The molecule has 3 heterocycles. The van der Waals surface area contributed by atoms with E-state index >= 15 is 0 Å². The molecule has 2 aliphatic rings. The molecule has 0 bridgehead atoms. The summed E-state index contributed by atoms with van der Waals surface area (Å²) in [5.74, 6) is 0.662. The molecule has 1 aromatic heterocycles. The minimum Gasteiger partial charge on any atom is -0.435 e. The summed E-state index contributed by atoms with van der Waals surface area (Å²) in [6.45, 7) is 3.59. The van der Waals surface area contributed by atoms with Gasteiger partial charge in [-0.3, -0.25) is 9.59 Å². The zero-order chi connectivity index (χ0) is 14.7. The van der Waals surface area contributed by atoms with Crippen LogP contribution in [0.1, 0.15) is 36.2 Å². The summed E-state index contributed by atoms with van der Waals surface area (Å²) in [7, 11) is 0. The van der Waals surface area contributed by atoms with Gasteiger partial charge < -0.3 is 19.5 Å². The van der Waals surface area contributed by atoms with E-state index < -0.39 is 0 Å². The largest absolute Gasteiger partial charge is 0.435 e. The van der Waals surface area contributed by atoms with Gasteiger partial charge in [-0.2, -0.15) is 0 Å². The first kappa shape index (κ1) is 14.0. The Morgan fingerprint density at radius 3 is 2.43 bits per heavy atom. The van der Waals surface area contributed by atoms with Gasteiger partial charge in [-0.15, -0.1) is 0 Å². The number of nitrogens with zero attached hydrogens (tertiary/aromatic N) is 2. The van der Waals surface area contributed by atoms with E-state index in [1.54, 1.807) is 11.0 Å². The van der Waals surface area contributed by atoms with E-state index in [1.165, 1.54) is 0 Å². The second kappa shape index (κ2) is 6.20. The molecule has 0 saturated carbocycles. The van der Waals surface area contributed by atoms with Gasteiger partial charge >= 0.3 is 0 Å². The number of anilines is 1. The summed E-state index contributed by atoms with van der Waals surface area (Å²) in [5.41, 5.74) is 0. The van der Waals surface area contributed by atoms with Gasteiger partial charge in [-0.25, -0.2) is 0 Å². The maximum atomic E-state index is 12.0. The summed E-state index contributed by atoms with van der Waals surface area (Å²) in [6, 6.07) is 3.49. The molecule has 6 nitrogen and oxygen atoms in total. The van der Waals surface area contributed by atoms with Crippen LogP contribution in [0, 0.1) is 0 Å². The maximum Gasteiger partial charge on any atom is 0.287 e. The Morgan fingerprint density at radius 2 is 1.71 bits per heavy atom. The van der Waals surface area contributed by atoms with E-state index in [9.17, 15) is 9.59 Å². The lowest BCUT2D eigenvalue weighted by atomic mass is 10.4. The van der Waals surface area contributed by atoms with Crippen molar-refractivity contribution < 1.29 is 14.0 Å². The SMILES string of the molecule is O=C(NCC(=O)N1CCCC1)c1ccc(N2CCCC2)o1. The van der Waals surface area contributed by atoms with Crippen molar-refractivity contribution >= 4 is 17.7 Å². The molecule has 0 atom stereocenters. The fraction of sp³-hybridized carbons (Fsp3) is 0.600. The Hall–Kier alpha value is -1.98. The number of amides is 2. The third-order valence-corrected chi connectivity index (χ3v) is 4.09. The quantitative estimate of drug-likeness (QED) is 0.906. The van der Waals surface area contributed by atoms with E-state index in [-0.39, 0.29) is 24.1 Å². The van der Waals surface area contributed by atoms with Crippen molar-refractivity contribution in [1.82, 2.24) is 10.2 Å². The standard InChI is InChI=1S/C15H21N3O3/c19-13(17-7-1-2-8-17)11-16-15(20)12-5-6-14(21-12)18-9-3-4-10-18/h5-6H,1-4,7-11H2,(H,16,20). The van der Waals surface area contributed by atoms with Crippen molar-refractivity contribution in [2.75, 3.05) is 37.6 Å². The third-order valence-electron chi connectivity index (χ3n) is 4.09. The number of hydrogen-bond acceptors (Lipinski definition) is 4. The van der Waals surface area contributed by atoms with Crippen molar-refractivity contribution in [2.24, 2.45) is 0 Å². The van der Waals surface area contributed by atoms with Crippen LogP contribution < -0.4 is 10.2 Å². The molecule has 2 aliphatic heterocycles. The molecular weight excluding hydrogens is 270 g/mol. The second-order valence-electron chi connectivity index (χ2n) is 5.60. The number of carbonyl (C=O) groups excluding carboxylic acids is 2. The monoisotopic (exact) mass is 291 g/mol. The Balaban J connectivity index is 1.51. The molecule has 2 amide bonds. The topological polar surface area (TPSA) is 65.8 Å². The summed E-state index contributed by atoms with van der Waals surface area (Å²) < 4.78 is 5.58. The lowest BCUT2D eigenvalue weighted by Crippen LogP contribution is -2.38. The Bertz CT molecular complexity index is 514. The Labute approximate surface area is 124 Å². The van der Waals surface area contributed by atoms with Crippen LogP contribution in [-0.4, -0.2) is 49.4 Å². The van der Waals surface area contributed by atoms with Gasteiger partial charge in [0.1, 0.15) is 0 Å². The highest BCUT2D eigenvalue weighted by Crippen LogP contribution is 2.22. The van der Waals surface area contributed by atoms with Crippen molar-refractivity contribution in [3.8, 4) is 0 Å². The van der Waals surface area contributed by atoms with Crippen LogP contribution in [0.3, 0.4) is 0 Å². The summed E-state index contributed by atoms with van der Waals surface area (Å²) in [4.78, 5) is 27.8. The van der Waals surface area contributed by atoms with Gasteiger partial charge in [0.05, 0.1) is 6.54 Å². The zero-order valence-electron chi connectivity index (χ0n) is 12.1. The molecule has 0 aromatic carbocycles. The first-order valence-corrected chi connectivity index (χ1v) is 7.65. The molecule has 0 unspecified atom stereocenters. The molecule has 0 aliphatic carbocycles. The van der Waals surface area contributed by atoms with E-state index in [4.69, 9.17) is 4.42 Å². The first-order chi connectivity index (χ1) is 10.2. The van der Waals surface area contributed by atoms with Crippen molar-refractivity contribution in [3.63, 3.8) is 0 Å². The van der Waals surface area contributed by atoms with Gasteiger partial charge in [0.25, 0.3) is 5.91 Å². The van der Waals surface area contributed by atoms with E-state index in [0.717, 1.165) is 57.7 Å². The third kappa shape index (κ3) is 3.20. The molecular formula is C15H21N3O3. The fourth-order valence-electron chi connectivity index (χ4n) is 2.88. The molecule has 1 N–H and O–H groups in total. The average molecular weight is 291 g/mol. The van der Waals surface area contributed by atoms with Crippen LogP contribution in [0.25, 0.3) is 0 Å². The van der Waals surface area contributed by atoms with Crippen molar-refractivity contribution in [2.45, 2.75) is 25.7 Å². The highest BCUT2D eigenvalue weighted by molar-refractivity contribution is 5.94. The molecule has 1 aromatic rings. The van der Waals surface area contributed by atoms with E-state index in [1.807, 2.05) is 6.07 Å². The Kier molecular flexibility index (Phi) is 4.13. The lowest BCUT2D eigenvalue weighted by molar-refractivity contribution is -0.129. The second-order valence-corrected chi connectivity index (χ2v) is 5.60. The van der Waals surface area contributed by atoms with Crippen LogP contribution in [0.2, 0.25) is 0 Å². The minimum absolute atomic E-state index is 0.0211. The summed E-state index contributed by atoms with van der Waals surface area (Å²) in [5, 5.41) is 2.64. The van der Waals surface area contributed by atoms with E-state index in [2.05, 4.69) is 10.2 Å². The average Bonchev–Trinajstić information content (AvgIpc) is 3.25. The van der Waals surface area contributed by atoms with Gasteiger partial charge in [0, 0.05) is 32.2 Å². The lowest BCUT2D eigenvalue weighted by Gasteiger charge is -2.15. The number of carbonyl (C=O) groups is 2. The van der Waals surface area contributed by atoms with Gasteiger partial charge in [0.15, 0.2) is 11.6 Å². The number of rotatable bonds is 4. The van der Waals surface area contributed by atoms with Gasteiger partial charge in [0.2, 0.25) is 5.91 Å². The summed E-state index contributed by atoms with van der Waals surface area (Å²) >= 11 is 0. The first-order valence-electron chi connectivity index (χ1n) is 7.65. The molecule has 2 fully saturated rings. The predicted molar refractivity (Wildman–Crippen MR) is 78.3 cm³/mol. The minimum atomic E-state index is -0.326. The number of nitrogens with one attached hydrogen (secondary N) is 1. The molecule has 0 radical (unpaired) electrons. The predicted octanol–water partition coefficient (Wildman–Crippen LogP) is 1.23. The van der Waals surface area contributed by atoms with Gasteiger partial charge in [-0.05, 0) is 31.7 Å².